The number of carbonyl (C=O) groups excluding carboxylic acids is 1. The number of nitrogens with one attached hydrogen (secondary N) is 1. The third-order valence-electron chi connectivity index (χ3n) is 3.25. The Kier molecular flexibility index (Phi) is 5.61. The number of hydrogen-bond donors (Lipinski definition) is 1. The minimum Gasteiger partial charge on any atom is -0.325 e. The lowest BCUT2D eigenvalue weighted by molar-refractivity contribution is -0.114. The number of carbonyl (C=O) groups is 1. The number of amides is 1. The molecule has 24 heavy (non-hydrogen) atoms. The van der Waals surface area contributed by atoms with Crippen LogP contribution in [-0.2, 0) is 14.8 Å². The van der Waals surface area contributed by atoms with Gasteiger partial charge in [-0.3, -0.25) is 9.10 Å². The first kappa shape index (κ1) is 18.4. The highest BCUT2D eigenvalue weighted by molar-refractivity contribution is 9.10. The summed E-state index contributed by atoms with van der Waals surface area (Å²) in [4.78, 5) is 12.2. The van der Waals surface area contributed by atoms with Gasteiger partial charge in [0.05, 0.1) is 11.9 Å². The number of aryl methyl sites for hydroxylation is 1. The molecule has 0 fully saturated rings. The minimum atomic E-state index is -3.82. The summed E-state index contributed by atoms with van der Waals surface area (Å²) in [6.45, 7) is 1.34. The molecule has 0 aliphatic heterocycles. The van der Waals surface area contributed by atoms with Crippen molar-refractivity contribution >= 4 is 43.2 Å². The van der Waals surface area contributed by atoms with Gasteiger partial charge in [0.2, 0.25) is 15.9 Å². The lowest BCUT2D eigenvalue weighted by Gasteiger charge is -2.22. The van der Waals surface area contributed by atoms with E-state index in [0.717, 1.165) is 26.7 Å². The predicted octanol–water partition coefficient (Wildman–Crippen LogP) is 3.30. The highest BCUT2D eigenvalue weighted by Crippen LogP contribution is 2.22. The number of hydrogen-bond acceptors (Lipinski definition) is 3. The molecule has 0 saturated heterocycles. The average Bonchev–Trinajstić information content (AvgIpc) is 2.48. The summed E-state index contributed by atoms with van der Waals surface area (Å²) < 4.78 is 39.4. The standard InChI is InChI=1S/C16H16BrFN2O3S/c1-11-9-12(7-8-13(11)17)19-16(21)10-20(24(2,22)23)15-6-4-3-5-14(15)18/h3-9H,10H2,1-2H3,(H,19,21). The Hall–Kier alpha value is -1.93. The summed E-state index contributed by atoms with van der Waals surface area (Å²) in [5, 5.41) is 2.61. The molecule has 0 unspecified atom stereocenters. The Morgan fingerprint density at radius 2 is 1.92 bits per heavy atom. The van der Waals surface area contributed by atoms with E-state index < -0.39 is 28.3 Å². The molecule has 0 aliphatic carbocycles. The van der Waals surface area contributed by atoms with Gasteiger partial charge >= 0.3 is 0 Å². The average molecular weight is 415 g/mol. The number of sulfonamides is 1. The third kappa shape index (κ3) is 4.55. The molecule has 2 aromatic rings. The van der Waals surface area contributed by atoms with Gasteiger partial charge in [-0.25, -0.2) is 12.8 Å². The zero-order valence-electron chi connectivity index (χ0n) is 13.1. The Bertz CT molecular complexity index is 871. The first-order valence-corrected chi connectivity index (χ1v) is 9.61. The molecule has 0 saturated carbocycles. The molecule has 0 spiro atoms. The Labute approximate surface area is 148 Å². The lowest BCUT2D eigenvalue weighted by atomic mass is 10.2. The zero-order valence-corrected chi connectivity index (χ0v) is 15.5. The van der Waals surface area contributed by atoms with E-state index in [1.54, 1.807) is 18.2 Å². The molecule has 0 bridgehead atoms. The number of halogens is 2. The van der Waals surface area contributed by atoms with Gasteiger partial charge in [-0.2, -0.15) is 0 Å². The Balaban J connectivity index is 2.22. The van der Waals surface area contributed by atoms with Crippen LogP contribution in [0.4, 0.5) is 15.8 Å². The van der Waals surface area contributed by atoms with Gasteiger partial charge in [-0.1, -0.05) is 28.1 Å². The fourth-order valence-corrected chi connectivity index (χ4v) is 3.19. The van der Waals surface area contributed by atoms with E-state index in [0.29, 0.717) is 5.69 Å². The molecule has 128 valence electrons. The van der Waals surface area contributed by atoms with Crippen molar-refractivity contribution < 1.29 is 17.6 Å². The van der Waals surface area contributed by atoms with Gasteiger partial charge in [-0.15, -0.1) is 0 Å². The quantitative estimate of drug-likeness (QED) is 0.815. The van der Waals surface area contributed by atoms with Crippen LogP contribution in [0.2, 0.25) is 0 Å². The van der Waals surface area contributed by atoms with E-state index in [9.17, 15) is 17.6 Å². The van der Waals surface area contributed by atoms with Crippen molar-refractivity contribution in [2.24, 2.45) is 0 Å². The van der Waals surface area contributed by atoms with E-state index in [2.05, 4.69) is 21.2 Å². The van der Waals surface area contributed by atoms with Crippen LogP contribution in [0.25, 0.3) is 0 Å². The largest absolute Gasteiger partial charge is 0.325 e. The van der Waals surface area contributed by atoms with Crippen LogP contribution in [0.1, 0.15) is 5.56 Å². The molecule has 1 N–H and O–H groups in total. The molecule has 1 amide bonds. The van der Waals surface area contributed by atoms with Crippen molar-refractivity contribution in [3.63, 3.8) is 0 Å². The van der Waals surface area contributed by atoms with E-state index in [1.807, 2.05) is 6.92 Å². The topological polar surface area (TPSA) is 66.5 Å². The molecule has 0 aliphatic rings. The SMILES string of the molecule is Cc1cc(NC(=O)CN(c2ccccc2F)S(C)(=O)=O)ccc1Br. The van der Waals surface area contributed by atoms with Crippen molar-refractivity contribution in [2.45, 2.75) is 6.92 Å². The number of para-hydroxylation sites is 1. The first-order chi connectivity index (χ1) is 11.2. The van der Waals surface area contributed by atoms with E-state index in [-0.39, 0.29) is 5.69 Å². The monoisotopic (exact) mass is 414 g/mol. The van der Waals surface area contributed by atoms with Crippen LogP contribution in [0.3, 0.4) is 0 Å². The van der Waals surface area contributed by atoms with E-state index in [4.69, 9.17) is 0 Å². The van der Waals surface area contributed by atoms with Gasteiger partial charge < -0.3 is 5.32 Å². The van der Waals surface area contributed by atoms with Crippen LogP contribution >= 0.6 is 15.9 Å². The summed E-state index contributed by atoms with van der Waals surface area (Å²) in [6.07, 6.45) is 0.927. The molecule has 0 atom stereocenters. The van der Waals surface area contributed by atoms with E-state index >= 15 is 0 Å². The number of nitrogens with zero attached hydrogens (tertiary/aromatic N) is 1. The fourth-order valence-electron chi connectivity index (χ4n) is 2.09. The summed E-state index contributed by atoms with van der Waals surface area (Å²) in [7, 11) is -3.82. The number of anilines is 2. The second-order valence-electron chi connectivity index (χ2n) is 5.23. The summed E-state index contributed by atoms with van der Waals surface area (Å²) in [5.74, 6) is -1.28. The third-order valence-corrected chi connectivity index (χ3v) is 5.27. The second kappa shape index (κ2) is 7.31. The minimum absolute atomic E-state index is 0.165. The molecule has 8 heteroatoms. The Morgan fingerprint density at radius 1 is 1.25 bits per heavy atom. The smallest absolute Gasteiger partial charge is 0.245 e. The Morgan fingerprint density at radius 3 is 2.50 bits per heavy atom. The highest BCUT2D eigenvalue weighted by Gasteiger charge is 2.23. The van der Waals surface area contributed by atoms with Crippen molar-refractivity contribution in [1.82, 2.24) is 0 Å². The van der Waals surface area contributed by atoms with Crippen molar-refractivity contribution in [3.05, 3.63) is 58.3 Å². The molecule has 0 heterocycles. The van der Waals surface area contributed by atoms with Crippen LogP contribution in [-0.4, -0.2) is 27.1 Å². The van der Waals surface area contributed by atoms with Gasteiger partial charge in [0.1, 0.15) is 12.4 Å². The van der Waals surface area contributed by atoms with Crippen LogP contribution < -0.4 is 9.62 Å². The zero-order chi connectivity index (χ0) is 17.9. The second-order valence-corrected chi connectivity index (χ2v) is 7.99. The maximum Gasteiger partial charge on any atom is 0.245 e. The molecule has 2 aromatic carbocycles. The fraction of sp³-hybridized carbons (Fsp3) is 0.188. The van der Waals surface area contributed by atoms with Gasteiger partial charge in [0.25, 0.3) is 0 Å². The summed E-state index contributed by atoms with van der Waals surface area (Å²) >= 11 is 3.36. The first-order valence-electron chi connectivity index (χ1n) is 6.97. The van der Waals surface area contributed by atoms with Crippen molar-refractivity contribution in [3.8, 4) is 0 Å². The van der Waals surface area contributed by atoms with Gasteiger partial charge in [0.15, 0.2) is 0 Å². The molecule has 2 rings (SSSR count). The summed E-state index contributed by atoms with van der Waals surface area (Å²) in [5.41, 5.74) is 1.28. The maximum atomic E-state index is 13.9. The van der Waals surface area contributed by atoms with Gasteiger partial charge in [-0.05, 0) is 42.8 Å². The van der Waals surface area contributed by atoms with Crippen LogP contribution in [0.15, 0.2) is 46.9 Å². The molecule has 5 nitrogen and oxygen atoms in total. The van der Waals surface area contributed by atoms with Crippen LogP contribution in [0.5, 0.6) is 0 Å². The van der Waals surface area contributed by atoms with E-state index in [1.165, 1.54) is 18.2 Å². The maximum absolute atomic E-state index is 13.9. The van der Waals surface area contributed by atoms with Crippen LogP contribution in [0, 0.1) is 12.7 Å². The molecular weight excluding hydrogens is 399 g/mol. The summed E-state index contributed by atoms with van der Waals surface area (Å²) in [6, 6.07) is 10.6. The van der Waals surface area contributed by atoms with Crippen molar-refractivity contribution in [1.29, 1.82) is 0 Å². The number of benzene rings is 2. The van der Waals surface area contributed by atoms with Gasteiger partial charge in [0, 0.05) is 10.2 Å². The molecule has 0 aromatic heterocycles. The predicted molar refractivity (Wildman–Crippen MR) is 96.1 cm³/mol. The van der Waals surface area contributed by atoms with Crippen molar-refractivity contribution in [2.75, 3.05) is 22.4 Å². The number of rotatable bonds is 5. The highest BCUT2D eigenvalue weighted by atomic mass is 79.9. The molecule has 0 radical (unpaired) electrons. The molecular formula is C16H16BrFN2O3S. The lowest BCUT2D eigenvalue weighted by Crippen LogP contribution is -2.38. The normalized spacial score (nSPS) is 11.2.